The summed E-state index contributed by atoms with van der Waals surface area (Å²) in [6.45, 7) is 3.65. The van der Waals surface area contributed by atoms with Gasteiger partial charge in [-0.2, -0.15) is 0 Å². The van der Waals surface area contributed by atoms with Gasteiger partial charge in [-0.05, 0) is 51.0 Å². The molecule has 0 saturated heterocycles. The molecule has 3 heterocycles. The zero-order chi connectivity index (χ0) is 20.4. The van der Waals surface area contributed by atoms with Gasteiger partial charge < -0.3 is 14.2 Å². The van der Waals surface area contributed by atoms with Crippen LogP contribution in [-0.2, 0) is 53.9 Å². The van der Waals surface area contributed by atoms with E-state index in [-0.39, 0.29) is 0 Å². The third-order valence-corrected chi connectivity index (χ3v) is 6.94. The van der Waals surface area contributed by atoms with E-state index < -0.39 is 0 Å². The van der Waals surface area contributed by atoms with Crippen LogP contribution in [0.2, 0.25) is 0 Å². The minimum absolute atomic E-state index is 0.578. The van der Waals surface area contributed by atoms with E-state index in [1.54, 1.807) is 34.0 Å². The Hall–Kier alpha value is -1.80. The molecule has 0 bridgehead atoms. The zero-order valence-electron chi connectivity index (χ0n) is 16.6. The van der Waals surface area contributed by atoms with Crippen molar-refractivity contribution in [3.63, 3.8) is 0 Å². The number of ether oxygens (including phenoxy) is 3. The van der Waals surface area contributed by atoms with Crippen molar-refractivity contribution >= 4 is 34.0 Å². The van der Waals surface area contributed by atoms with E-state index in [4.69, 9.17) is 14.2 Å². The molecule has 6 heteroatoms. The predicted octanol–water partition coefficient (Wildman–Crippen LogP) is 7.02. The summed E-state index contributed by atoms with van der Waals surface area (Å²) in [5.74, 6) is 0. The first kappa shape index (κ1) is 21.4. The Morgan fingerprint density at radius 1 is 0.467 bits per heavy atom. The highest BCUT2D eigenvalue weighted by atomic mass is 32.1. The monoisotopic (exact) mass is 456 g/mol. The first-order valence-electron chi connectivity index (χ1n) is 9.77. The van der Waals surface area contributed by atoms with Crippen molar-refractivity contribution < 1.29 is 14.2 Å². The molecule has 0 N–H and O–H groups in total. The fourth-order valence-electron chi connectivity index (χ4n) is 3.08. The zero-order valence-corrected chi connectivity index (χ0v) is 19.1. The van der Waals surface area contributed by atoms with Gasteiger partial charge in [0.05, 0.1) is 39.6 Å². The number of hydrogen-bond donors (Lipinski definition) is 0. The third-order valence-electron chi connectivity index (χ3n) is 4.39. The molecule has 0 spiro atoms. The van der Waals surface area contributed by atoms with Crippen molar-refractivity contribution in [2.45, 2.75) is 39.6 Å². The van der Waals surface area contributed by atoms with E-state index in [9.17, 15) is 0 Å². The second-order valence-corrected chi connectivity index (χ2v) is 9.97. The lowest BCUT2D eigenvalue weighted by Crippen LogP contribution is -2.01. The highest BCUT2D eigenvalue weighted by Crippen LogP contribution is 2.18. The minimum atomic E-state index is 0.578. The van der Waals surface area contributed by atoms with Crippen LogP contribution in [0.4, 0.5) is 0 Å². The van der Waals surface area contributed by atoms with Gasteiger partial charge in [0, 0.05) is 14.6 Å². The van der Waals surface area contributed by atoms with Gasteiger partial charge in [-0.25, -0.2) is 0 Å². The van der Waals surface area contributed by atoms with Crippen LogP contribution in [-0.4, -0.2) is 0 Å². The van der Waals surface area contributed by atoms with Gasteiger partial charge in [0.1, 0.15) is 0 Å². The molecule has 30 heavy (non-hydrogen) atoms. The molecule has 0 atom stereocenters. The minimum Gasteiger partial charge on any atom is -0.371 e. The second-order valence-electron chi connectivity index (χ2n) is 6.87. The molecule has 0 aliphatic carbocycles. The van der Waals surface area contributed by atoms with Crippen LogP contribution >= 0.6 is 34.0 Å². The van der Waals surface area contributed by atoms with Crippen LogP contribution in [0.25, 0.3) is 0 Å². The first-order chi connectivity index (χ1) is 14.8. The number of hydrogen-bond acceptors (Lipinski definition) is 6. The molecule has 0 unspecified atom stereocenters. The van der Waals surface area contributed by atoms with Crippen molar-refractivity contribution in [2.24, 2.45) is 0 Å². The molecule has 4 aromatic rings. The largest absolute Gasteiger partial charge is 0.371 e. The fraction of sp³-hybridized carbons (Fsp3) is 0.250. The second kappa shape index (κ2) is 11.6. The summed E-state index contributed by atoms with van der Waals surface area (Å²) in [6, 6.07) is 19.0. The first-order valence-corrected chi connectivity index (χ1v) is 12.4. The average molecular weight is 457 g/mol. The summed E-state index contributed by atoms with van der Waals surface area (Å²) in [4.78, 5) is 3.72. The maximum Gasteiger partial charge on any atom is 0.0813 e. The van der Waals surface area contributed by atoms with Gasteiger partial charge in [0.2, 0.25) is 0 Å². The molecule has 0 radical (unpaired) electrons. The van der Waals surface area contributed by atoms with E-state index >= 15 is 0 Å². The lowest BCUT2D eigenvalue weighted by Gasteiger charge is -2.11. The molecule has 0 aliphatic heterocycles. The van der Waals surface area contributed by atoms with Crippen molar-refractivity contribution in [1.82, 2.24) is 0 Å². The highest BCUT2D eigenvalue weighted by Gasteiger charge is 2.05. The van der Waals surface area contributed by atoms with Gasteiger partial charge in [-0.15, -0.1) is 34.0 Å². The van der Waals surface area contributed by atoms with Gasteiger partial charge in [-0.1, -0.05) is 36.4 Å². The Bertz CT molecular complexity index is 836. The summed E-state index contributed by atoms with van der Waals surface area (Å²) in [5, 5.41) is 6.23. The number of rotatable bonds is 12. The Morgan fingerprint density at radius 2 is 0.800 bits per heavy atom. The van der Waals surface area contributed by atoms with Crippen LogP contribution < -0.4 is 0 Å². The molecule has 3 aromatic heterocycles. The average Bonchev–Trinajstić information content (AvgIpc) is 3.52. The van der Waals surface area contributed by atoms with Crippen molar-refractivity contribution in [3.05, 3.63) is 102 Å². The predicted molar refractivity (Wildman–Crippen MR) is 125 cm³/mol. The van der Waals surface area contributed by atoms with Crippen LogP contribution in [0.15, 0.2) is 70.7 Å². The Kier molecular flexibility index (Phi) is 8.25. The highest BCUT2D eigenvalue weighted by molar-refractivity contribution is 7.10. The molecular weight excluding hydrogens is 432 g/mol. The van der Waals surface area contributed by atoms with Crippen molar-refractivity contribution in [2.75, 3.05) is 0 Å². The molecule has 3 nitrogen and oxygen atoms in total. The topological polar surface area (TPSA) is 27.7 Å². The van der Waals surface area contributed by atoms with Gasteiger partial charge in [0.15, 0.2) is 0 Å². The molecule has 4 rings (SSSR count). The smallest absolute Gasteiger partial charge is 0.0813 e. The van der Waals surface area contributed by atoms with E-state index in [2.05, 4.69) is 70.7 Å². The molecule has 156 valence electrons. The Morgan fingerprint density at radius 3 is 1.07 bits per heavy atom. The van der Waals surface area contributed by atoms with Crippen molar-refractivity contribution in [3.8, 4) is 0 Å². The summed E-state index contributed by atoms with van der Waals surface area (Å²) >= 11 is 5.16. The van der Waals surface area contributed by atoms with Crippen LogP contribution in [0, 0.1) is 0 Å². The van der Waals surface area contributed by atoms with Gasteiger partial charge in [-0.3, -0.25) is 0 Å². The Balaban J connectivity index is 1.36. The summed E-state index contributed by atoms with van der Waals surface area (Å²) in [5.41, 5.74) is 3.45. The quantitative estimate of drug-likeness (QED) is 0.229. The molecule has 0 amide bonds. The van der Waals surface area contributed by atoms with Crippen molar-refractivity contribution in [1.29, 1.82) is 0 Å². The van der Waals surface area contributed by atoms with Crippen LogP contribution in [0.3, 0.4) is 0 Å². The maximum absolute atomic E-state index is 5.93. The fourth-order valence-corrected chi connectivity index (χ4v) is 5.00. The van der Waals surface area contributed by atoms with Gasteiger partial charge >= 0.3 is 0 Å². The molecular formula is C24H24O3S3. The summed E-state index contributed by atoms with van der Waals surface area (Å²) in [7, 11) is 0. The van der Waals surface area contributed by atoms with Gasteiger partial charge in [0.25, 0.3) is 0 Å². The van der Waals surface area contributed by atoms with E-state index in [0.29, 0.717) is 39.6 Å². The normalized spacial score (nSPS) is 11.2. The lowest BCUT2D eigenvalue weighted by molar-refractivity contribution is 0.101. The summed E-state index contributed by atoms with van der Waals surface area (Å²) in [6.07, 6.45) is 0. The Labute approximate surface area is 189 Å². The van der Waals surface area contributed by atoms with E-state index in [1.165, 1.54) is 14.6 Å². The molecule has 1 aromatic carbocycles. The number of thiophene rings is 3. The molecule has 0 fully saturated rings. The molecule has 0 aliphatic rings. The number of benzene rings is 1. The van der Waals surface area contributed by atoms with Crippen LogP contribution in [0.1, 0.15) is 31.3 Å². The third kappa shape index (κ3) is 6.87. The lowest BCUT2D eigenvalue weighted by atomic mass is 10.1. The van der Waals surface area contributed by atoms with E-state index in [0.717, 1.165) is 16.7 Å². The van der Waals surface area contributed by atoms with E-state index in [1.807, 2.05) is 0 Å². The van der Waals surface area contributed by atoms with Crippen LogP contribution in [0.5, 0.6) is 0 Å². The SMILES string of the molecule is c1csc(COCc2cc(COCc3cccs3)cc(COCc3cccs3)c2)c1. The summed E-state index contributed by atoms with van der Waals surface area (Å²) < 4.78 is 17.8. The maximum atomic E-state index is 5.93. The standard InChI is InChI=1S/C24H24O3S3/c1-4-22(28-7-1)16-25-13-19-10-20(14-26-17-23-5-2-8-29-23)12-21(11-19)15-27-18-24-6-3-9-30-24/h1-12H,13-18H2. The molecule has 0 saturated carbocycles.